The second-order valence-electron chi connectivity index (χ2n) is 3.94. The van der Waals surface area contributed by atoms with Gasteiger partial charge in [-0.3, -0.25) is 4.79 Å². The number of para-hydroxylation sites is 1. The highest BCUT2D eigenvalue weighted by Gasteiger charge is 2.05. The third-order valence-electron chi connectivity index (χ3n) is 2.48. The summed E-state index contributed by atoms with van der Waals surface area (Å²) >= 11 is 1.54. The van der Waals surface area contributed by atoms with Crippen LogP contribution in [0.25, 0.3) is 0 Å². The number of aryl methyl sites for hydroxylation is 1. The molecule has 0 radical (unpaired) electrons. The molecule has 0 fully saturated rings. The lowest BCUT2D eigenvalue weighted by atomic mass is 10.2. The molecule has 1 aromatic heterocycles. The molecule has 1 heterocycles. The topological polar surface area (TPSA) is 42.2 Å². The van der Waals surface area contributed by atoms with E-state index in [1.165, 1.54) is 11.8 Å². The zero-order chi connectivity index (χ0) is 12.8. The van der Waals surface area contributed by atoms with E-state index in [-0.39, 0.29) is 5.91 Å². The summed E-state index contributed by atoms with van der Waals surface area (Å²) in [5, 5.41) is 2.90. The van der Waals surface area contributed by atoms with Crippen molar-refractivity contribution in [3.8, 4) is 0 Å². The summed E-state index contributed by atoms with van der Waals surface area (Å²) in [5.41, 5.74) is 1.95. The second kappa shape index (κ2) is 6.31. The zero-order valence-corrected chi connectivity index (χ0v) is 11.0. The Bertz CT molecular complexity index is 508. The molecule has 0 spiro atoms. The summed E-state index contributed by atoms with van der Waals surface area (Å²) in [6.45, 7) is 1.98. The van der Waals surface area contributed by atoms with E-state index in [4.69, 9.17) is 4.42 Å². The molecule has 0 bridgehead atoms. The minimum atomic E-state index is 0.0147. The van der Waals surface area contributed by atoms with Crippen LogP contribution in [0.5, 0.6) is 0 Å². The van der Waals surface area contributed by atoms with E-state index in [9.17, 15) is 4.79 Å². The predicted octanol–water partition coefficient (Wildman–Crippen LogP) is 3.46. The van der Waals surface area contributed by atoms with Gasteiger partial charge in [-0.2, -0.15) is 0 Å². The largest absolute Gasteiger partial charge is 0.468 e. The third kappa shape index (κ3) is 3.67. The first-order valence-corrected chi connectivity index (χ1v) is 6.87. The monoisotopic (exact) mass is 261 g/mol. The highest BCUT2D eigenvalue weighted by Crippen LogP contribution is 2.15. The molecule has 0 aliphatic rings. The van der Waals surface area contributed by atoms with E-state index in [1.807, 2.05) is 43.3 Å². The Balaban J connectivity index is 1.77. The van der Waals surface area contributed by atoms with Crippen molar-refractivity contribution in [1.82, 2.24) is 0 Å². The van der Waals surface area contributed by atoms with Gasteiger partial charge < -0.3 is 9.73 Å². The van der Waals surface area contributed by atoms with Gasteiger partial charge in [-0.1, -0.05) is 18.2 Å². The zero-order valence-electron chi connectivity index (χ0n) is 10.2. The average Bonchev–Trinajstić information content (AvgIpc) is 2.85. The van der Waals surface area contributed by atoms with Gasteiger partial charge >= 0.3 is 0 Å². The van der Waals surface area contributed by atoms with E-state index in [0.29, 0.717) is 11.5 Å². The molecule has 1 aromatic carbocycles. The summed E-state index contributed by atoms with van der Waals surface area (Å²) in [4.78, 5) is 11.7. The van der Waals surface area contributed by atoms with E-state index in [0.717, 1.165) is 17.0 Å². The Labute approximate surface area is 111 Å². The number of carbonyl (C=O) groups is 1. The summed E-state index contributed by atoms with van der Waals surface area (Å²) in [6.07, 6.45) is 1.64. The number of rotatable bonds is 5. The molecule has 0 unspecified atom stereocenters. The summed E-state index contributed by atoms with van der Waals surface area (Å²) in [5.74, 6) is 2.05. The van der Waals surface area contributed by atoms with Crippen LogP contribution in [0.3, 0.4) is 0 Å². The summed E-state index contributed by atoms with van der Waals surface area (Å²) < 4.78 is 5.20. The lowest BCUT2D eigenvalue weighted by Crippen LogP contribution is -2.14. The number of hydrogen-bond donors (Lipinski definition) is 1. The van der Waals surface area contributed by atoms with Crippen LogP contribution in [0.4, 0.5) is 5.69 Å². The average molecular weight is 261 g/mol. The van der Waals surface area contributed by atoms with E-state index >= 15 is 0 Å². The molecule has 0 aliphatic heterocycles. The van der Waals surface area contributed by atoms with Gasteiger partial charge in [-0.15, -0.1) is 11.8 Å². The Morgan fingerprint density at radius 1 is 1.28 bits per heavy atom. The Kier molecular flexibility index (Phi) is 4.47. The number of amides is 1. The van der Waals surface area contributed by atoms with Crippen LogP contribution < -0.4 is 5.32 Å². The second-order valence-corrected chi connectivity index (χ2v) is 4.92. The molecule has 18 heavy (non-hydrogen) atoms. The SMILES string of the molecule is Cc1ccccc1NC(=O)CSCc1ccco1. The van der Waals surface area contributed by atoms with Gasteiger partial charge in [0.25, 0.3) is 0 Å². The first-order valence-electron chi connectivity index (χ1n) is 5.71. The lowest BCUT2D eigenvalue weighted by Gasteiger charge is -2.07. The van der Waals surface area contributed by atoms with Crippen molar-refractivity contribution in [1.29, 1.82) is 0 Å². The molecule has 0 aliphatic carbocycles. The third-order valence-corrected chi connectivity index (χ3v) is 3.43. The molecular weight excluding hydrogens is 246 g/mol. The Morgan fingerprint density at radius 2 is 2.11 bits per heavy atom. The summed E-state index contributed by atoms with van der Waals surface area (Å²) in [6, 6.07) is 11.5. The van der Waals surface area contributed by atoms with Crippen molar-refractivity contribution in [3.63, 3.8) is 0 Å². The fraction of sp³-hybridized carbons (Fsp3) is 0.214. The van der Waals surface area contributed by atoms with Crippen LogP contribution >= 0.6 is 11.8 Å². The minimum absolute atomic E-state index is 0.0147. The fourth-order valence-corrected chi connectivity index (χ4v) is 2.26. The molecule has 2 rings (SSSR count). The van der Waals surface area contributed by atoms with Gasteiger partial charge in [0, 0.05) is 5.69 Å². The summed E-state index contributed by atoms with van der Waals surface area (Å²) in [7, 11) is 0. The smallest absolute Gasteiger partial charge is 0.234 e. The lowest BCUT2D eigenvalue weighted by molar-refractivity contribution is -0.113. The maximum absolute atomic E-state index is 11.7. The van der Waals surface area contributed by atoms with Gasteiger partial charge in [0.2, 0.25) is 5.91 Å². The highest BCUT2D eigenvalue weighted by atomic mass is 32.2. The van der Waals surface area contributed by atoms with Crippen molar-refractivity contribution in [3.05, 3.63) is 54.0 Å². The van der Waals surface area contributed by atoms with Crippen molar-refractivity contribution < 1.29 is 9.21 Å². The number of hydrogen-bond acceptors (Lipinski definition) is 3. The maximum atomic E-state index is 11.7. The van der Waals surface area contributed by atoms with Gasteiger partial charge in [0.1, 0.15) is 5.76 Å². The standard InChI is InChI=1S/C14H15NO2S/c1-11-5-2-3-7-13(11)15-14(16)10-18-9-12-6-4-8-17-12/h2-8H,9-10H2,1H3,(H,15,16). The highest BCUT2D eigenvalue weighted by molar-refractivity contribution is 7.99. The predicted molar refractivity (Wildman–Crippen MR) is 74.7 cm³/mol. The van der Waals surface area contributed by atoms with Crippen LogP contribution in [-0.4, -0.2) is 11.7 Å². The molecule has 0 saturated heterocycles. The van der Waals surface area contributed by atoms with Gasteiger partial charge in [-0.25, -0.2) is 0 Å². The van der Waals surface area contributed by atoms with Crippen LogP contribution in [0.15, 0.2) is 47.1 Å². The van der Waals surface area contributed by atoms with Gasteiger partial charge in [0.15, 0.2) is 0 Å². The first-order chi connectivity index (χ1) is 8.75. The van der Waals surface area contributed by atoms with Gasteiger partial charge in [-0.05, 0) is 30.7 Å². The van der Waals surface area contributed by atoms with E-state index < -0.39 is 0 Å². The molecule has 1 amide bonds. The van der Waals surface area contributed by atoms with Crippen molar-refractivity contribution in [2.24, 2.45) is 0 Å². The van der Waals surface area contributed by atoms with E-state index in [2.05, 4.69) is 5.32 Å². The van der Waals surface area contributed by atoms with E-state index in [1.54, 1.807) is 6.26 Å². The van der Waals surface area contributed by atoms with Crippen molar-refractivity contribution in [2.45, 2.75) is 12.7 Å². The Morgan fingerprint density at radius 3 is 2.83 bits per heavy atom. The van der Waals surface area contributed by atoms with Crippen LogP contribution in [-0.2, 0) is 10.5 Å². The number of furan rings is 1. The number of anilines is 1. The van der Waals surface area contributed by atoms with Crippen molar-refractivity contribution >= 4 is 23.4 Å². The quantitative estimate of drug-likeness (QED) is 0.896. The van der Waals surface area contributed by atoms with Crippen LogP contribution in [0.2, 0.25) is 0 Å². The number of carbonyl (C=O) groups excluding carboxylic acids is 1. The molecule has 4 heteroatoms. The fourth-order valence-electron chi connectivity index (χ4n) is 1.54. The Hall–Kier alpha value is -1.68. The number of benzene rings is 1. The molecular formula is C14H15NO2S. The minimum Gasteiger partial charge on any atom is -0.468 e. The van der Waals surface area contributed by atoms with Crippen LogP contribution in [0.1, 0.15) is 11.3 Å². The normalized spacial score (nSPS) is 10.3. The van der Waals surface area contributed by atoms with Crippen LogP contribution in [0, 0.1) is 6.92 Å². The molecule has 1 N–H and O–H groups in total. The molecule has 3 nitrogen and oxygen atoms in total. The number of nitrogens with one attached hydrogen (secondary N) is 1. The number of thioether (sulfide) groups is 1. The molecule has 0 atom stereocenters. The first kappa shape index (κ1) is 12.8. The van der Waals surface area contributed by atoms with Crippen molar-refractivity contribution in [2.75, 3.05) is 11.1 Å². The molecule has 0 saturated carbocycles. The maximum Gasteiger partial charge on any atom is 0.234 e. The molecule has 2 aromatic rings. The van der Waals surface area contributed by atoms with Gasteiger partial charge in [0.05, 0.1) is 17.8 Å². The molecule has 94 valence electrons.